The first-order valence-electron chi connectivity index (χ1n) is 12.3. The van der Waals surface area contributed by atoms with Crippen molar-refractivity contribution >= 4 is 23.3 Å². The van der Waals surface area contributed by atoms with Crippen LogP contribution in [0.4, 0.5) is 11.5 Å². The van der Waals surface area contributed by atoms with Crippen LogP contribution in [0.2, 0.25) is 0 Å². The molecule has 0 saturated carbocycles. The van der Waals surface area contributed by atoms with Crippen molar-refractivity contribution in [1.29, 1.82) is 0 Å². The van der Waals surface area contributed by atoms with Crippen molar-refractivity contribution in [3.63, 3.8) is 0 Å². The predicted molar refractivity (Wildman–Crippen MR) is 148 cm³/mol. The zero-order valence-electron chi connectivity index (χ0n) is 21.3. The standard InChI is InChI=1S/C31H31N3O3/c1-20-7-10-23(11-8-20)28-19-21(2)9-17-27(28)31(37)34-26-14-12-24(13-15-26)29(36)18-16-25-5-4-6-30(33-25)32-22(3)35/h4-15,17,19,29,36H,16,18H2,1-3H3,(H,34,37)(H,32,33,35). The van der Waals surface area contributed by atoms with Crippen molar-refractivity contribution in [3.8, 4) is 11.1 Å². The Hall–Kier alpha value is -4.29. The number of benzene rings is 3. The molecule has 1 heterocycles. The zero-order chi connectivity index (χ0) is 26.4. The summed E-state index contributed by atoms with van der Waals surface area (Å²) in [4.78, 5) is 28.8. The molecule has 0 aliphatic heterocycles. The molecule has 37 heavy (non-hydrogen) atoms. The number of carbonyl (C=O) groups excluding carboxylic acids is 2. The number of rotatable bonds is 8. The molecule has 4 aromatic rings. The van der Waals surface area contributed by atoms with Gasteiger partial charge in [0.05, 0.1) is 6.10 Å². The van der Waals surface area contributed by atoms with E-state index in [0.717, 1.165) is 27.9 Å². The third-order valence-electron chi connectivity index (χ3n) is 6.12. The van der Waals surface area contributed by atoms with Crippen molar-refractivity contribution in [3.05, 3.63) is 113 Å². The predicted octanol–water partition coefficient (Wildman–Crippen LogP) is 6.24. The number of nitrogens with zero attached hydrogens (tertiary/aromatic N) is 1. The van der Waals surface area contributed by atoms with Gasteiger partial charge in [-0.2, -0.15) is 0 Å². The van der Waals surface area contributed by atoms with Gasteiger partial charge in [-0.15, -0.1) is 0 Å². The number of aliphatic hydroxyl groups excluding tert-OH is 1. The number of hydrogen-bond acceptors (Lipinski definition) is 4. The van der Waals surface area contributed by atoms with Gasteiger partial charge in [0, 0.05) is 23.9 Å². The van der Waals surface area contributed by atoms with Gasteiger partial charge in [0.25, 0.3) is 5.91 Å². The molecule has 6 heteroatoms. The average molecular weight is 494 g/mol. The lowest BCUT2D eigenvalue weighted by Crippen LogP contribution is -2.13. The first-order valence-corrected chi connectivity index (χ1v) is 12.3. The highest BCUT2D eigenvalue weighted by Crippen LogP contribution is 2.27. The first kappa shape index (κ1) is 25.8. The lowest BCUT2D eigenvalue weighted by Gasteiger charge is -2.14. The Morgan fingerprint density at radius 2 is 1.57 bits per heavy atom. The SMILES string of the molecule is CC(=O)Nc1cccc(CCC(O)c2ccc(NC(=O)c3ccc(C)cc3-c3ccc(C)cc3)cc2)n1. The summed E-state index contributed by atoms with van der Waals surface area (Å²) < 4.78 is 0. The molecule has 0 saturated heterocycles. The molecule has 2 amide bonds. The van der Waals surface area contributed by atoms with Crippen LogP contribution >= 0.6 is 0 Å². The summed E-state index contributed by atoms with van der Waals surface area (Å²) in [6.45, 7) is 5.49. The van der Waals surface area contributed by atoms with Gasteiger partial charge >= 0.3 is 0 Å². The molecule has 4 rings (SSSR count). The molecule has 188 valence electrons. The number of amides is 2. The molecule has 0 aliphatic rings. The van der Waals surface area contributed by atoms with E-state index in [1.807, 2.05) is 80.6 Å². The second-order valence-electron chi connectivity index (χ2n) is 9.24. The summed E-state index contributed by atoms with van der Waals surface area (Å²) in [5.41, 5.74) is 6.94. The number of aryl methyl sites for hydroxylation is 3. The summed E-state index contributed by atoms with van der Waals surface area (Å²) in [5, 5.41) is 16.3. The van der Waals surface area contributed by atoms with Gasteiger partial charge in [0.2, 0.25) is 5.91 Å². The van der Waals surface area contributed by atoms with E-state index in [9.17, 15) is 14.7 Å². The number of anilines is 2. The maximum absolute atomic E-state index is 13.2. The average Bonchev–Trinajstić information content (AvgIpc) is 2.88. The number of carbonyl (C=O) groups is 2. The van der Waals surface area contributed by atoms with E-state index in [-0.39, 0.29) is 11.8 Å². The summed E-state index contributed by atoms with van der Waals surface area (Å²) in [6, 6.07) is 26.6. The molecule has 0 aliphatic carbocycles. The van der Waals surface area contributed by atoms with E-state index in [2.05, 4.69) is 15.6 Å². The lowest BCUT2D eigenvalue weighted by molar-refractivity contribution is -0.114. The summed E-state index contributed by atoms with van der Waals surface area (Å²) in [6.07, 6.45) is 0.356. The third-order valence-corrected chi connectivity index (χ3v) is 6.12. The Labute approximate surface area is 217 Å². The lowest BCUT2D eigenvalue weighted by atomic mass is 9.96. The fourth-order valence-corrected chi connectivity index (χ4v) is 4.14. The minimum Gasteiger partial charge on any atom is -0.388 e. The van der Waals surface area contributed by atoms with Gasteiger partial charge in [-0.1, -0.05) is 65.7 Å². The zero-order valence-corrected chi connectivity index (χ0v) is 21.3. The van der Waals surface area contributed by atoms with Crippen LogP contribution in [-0.4, -0.2) is 21.9 Å². The Kier molecular flexibility index (Phi) is 8.11. The Balaban J connectivity index is 1.41. The van der Waals surface area contributed by atoms with Crippen molar-refractivity contribution in [2.45, 2.75) is 39.7 Å². The molecule has 1 atom stereocenters. The van der Waals surface area contributed by atoms with E-state index >= 15 is 0 Å². The molecule has 3 N–H and O–H groups in total. The molecular weight excluding hydrogens is 462 g/mol. The van der Waals surface area contributed by atoms with Gasteiger partial charge < -0.3 is 15.7 Å². The smallest absolute Gasteiger partial charge is 0.256 e. The van der Waals surface area contributed by atoms with Crippen molar-refractivity contribution in [2.75, 3.05) is 10.6 Å². The molecule has 1 aromatic heterocycles. The van der Waals surface area contributed by atoms with Crippen LogP contribution in [0.5, 0.6) is 0 Å². The van der Waals surface area contributed by atoms with Gasteiger partial charge in [-0.05, 0) is 73.7 Å². The van der Waals surface area contributed by atoms with Crippen molar-refractivity contribution in [1.82, 2.24) is 4.98 Å². The normalized spacial score (nSPS) is 11.6. The molecule has 0 bridgehead atoms. The number of aliphatic hydroxyl groups is 1. The largest absolute Gasteiger partial charge is 0.388 e. The first-order chi connectivity index (χ1) is 17.8. The van der Waals surface area contributed by atoms with Crippen molar-refractivity contribution in [2.24, 2.45) is 0 Å². The Morgan fingerprint density at radius 3 is 2.27 bits per heavy atom. The van der Waals surface area contributed by atoms with E-state index in [0.29, 0.717) is 29.9 Å². The van der Waals surface area contributed by atoms with Crippen LogP contribution < -0.4 is 10.6 Å². The number of nitrogens with one attached hydrogen (secondary N) is 2. The Bertz CT molecular complexity index is 1400. The van der Waals surface area contributed by atoms with Crippen LogP contribution in [0.15, 0.2) is 84.9 Å². The summed E-state index contributed by atoms with van der Waals surface area (Å²) in [7, 11) is 0. The number of pyridine rings is 1. The monoisotopic (exact) mass is 493 g/mol. The minimum atomic E-state index is -0.679. The van der Waals surface area contributed by atoms with Crippen molar-refractivity contribution < 1.29 is 14.7 Å². The van der Waals surface area contributed by atoms with Gasteiger partial charge in [-0.25, -0.2) is 4.98 Å². The third kappa shape index (κ3) is 6.90. The second-order valence-corrected chi connectivity index (χ2v) is 9.24. The van der Waals surface area contributed by atoms with Crippen LogP contribution in [0.25, 0.3) is 11.1 Å². The highest BCUT2D eigenvalue weighted by atomic mass is 16.3. The van der Waals surface area contributed by atoms with Gasteiger partial charge in [0.15, 0.2) is 0 Å². The highest BCUT2D eigenvalue weighted by Gasteiger charge is 2.15. The quantitative estimate of drug-likeness (QED) is 0.271. The van der Waals surface area contributed by atoms with E-state index in [1.165, 1.54) is 12.5 Å². The molecular formula is C31H31N3O3. The number of aromatic nitrogens is 1. The Morgan fingerprint density at radius 1 is 0.865 bits per heavy atom. The van der Waals surface area contributed by atoms with Gasteiger partial charge in [0.1, 0.15) is 5.82 Å². The molecule has 1 unspecified atom stereocenters. The maximum Gasteiger partial charge on any atom is 0.256 e. The minimum absolute atomic E-state index is 0.175. The van der Waals surface area contributed by atoms with Crippen LogP contribution in [0, 0.1) is 13.8 Å². The molecule has 3 aromatic carbocycles. The van der Waals surface area contributed by atoms with Crippen LogP contribution in [0.3, 0.4) is 0 Å². The van der Waals surface area contributed by atoms with E-state index < -0.39 is 6.10 Å². The summed E-state index contributed by atoms with van der Waals surface area (Å²) >= 11 is 0. The second kappa shape index (κ2) is 11.6. The highest BCUT2D eigenvalue weighted by molar-refractivity contribution is 6.08. The van der Waals surface area contributed by atoms with Gasteiger partial charge in [-0.3, -0.25) is 9.59 Å². The topological polar surface area (TPSA) is 91.3 Å². The van der Waals surface area contributed by atoms with E-state index in [4.69, 9.17) is 0 Å². The molecule has 0 spiro atoms. The summed E-state index contributed by atoms with van der Waals surface area (Å²) in [5.74, 6) is 0.137. The number of hydrogen-bond donors (Lipinski definition) is 3. The molecule has 6 nitrogen and oxygen atoms in total. The van der Waals surface area contributed by atoms with Crippen LogP contribution in [0.1, 0.15) is 52.2 Å². The fourth-order valence-electron chi connectivity index (χ4n) is 4.14. The molecule has 0 fully saturated rings. The van der Waals surface area contributed by atoms with E-state index in [1.54, 1.807) is 18.2 Å². The molecule has 0 radical (unpaired) electrons. The van der Waals surface area contributed by atoms with Crippen LogP contribution in [-0.2, 0) is 11.2 Å². The fraction of sp³-hybridized carbons (Fsp3) is 0.194. The maximum atomic E-state index is 13.2.